The number of pyridine rings is 2. The molecule has 0 fully saturated rings. The summed E-state index contributed by atoms with van der Waals surface area (Å²) in [7, 11) is 0. The predicted molar refractivity (Wildman–Crippen MR) is 122 cm³/mol. The van der Waals surface area contributed by atoms with E-state index in [0.29, 0.717) is 17.9 Å². The van der Waals surface area contributed by atoms with E-state index in [1.165, 1.54) is 0 Å². The summed E-state index contributed by atoms with van der Waals surface area (Å²) >= 11 is 0. The lowest BCUT2D eigenvalue weighted by molar-refractivity contribution is 0.0956. The molecule has 2 aromatic carbocycles. The second-order valence-electron chi connectivity index (χ2n) is 6.92. The minimum absolute atomic E-state index is 0.298. The van der Waals surface area contributed by atoms with Gasteiger partial charge in [-0.1, -0.05) is 25.1 Å². The average Bonchev–Trinajstić information content (AvgIpc) is 2.83. The lowest BCUT2D eigenvalue weighted by Crippen LogP contribution is -2.18. The summed E-state index contributed by atoms with van der Waals surface area (Å²) in [5.74, 6) is 0.517. The molecule has 0 saturated heterocycles. The van der Waals surface area contributed by atoms with Gasteiger partial charge in [0.15, 0.2) is 0 Å². The van der Waals surface area contributed by atoms with E-state index in [0.717, 1.165) is 34.2 Å². The fourth-order valence-corrected chi connectivity index (χ4v) is 3.13. The first kappa shape index (κ1) is 20.2. The Bertz CT molecular complexity index is 1210. The third-order valence-electron chi connectivity index (χ3n) is 4.67. The highest BCUT2D eigenvalue weighted by atomic mass is 16.5. The molecular formula is C25H22N4O2. The van der Waals surface area contributed by atoms with E-state index in [1.807, 2.05) is 60.7 Å². The Balaban J connectivity index is 1.55. The van der Waals surface area contributed by atoms with Crippen molar-refractivity contribution in [3.8, 4) is 17.0 Å². The van der Waals surface area contributed by atoms with Crippen molar-refractivity contribution in [3.05, 3.63) is 90.3 Å². The second kappa shape index (κ2) is 9.63. The molecular weight excluding hydrogens is 388 g/mol. The van der Waals surface area contributed by atoms with Crippen LogP contribution in [0.15, 0.2) is 84.2 Å². The number of nitrogens with zero attached hydrogens (tertiary/aromatic N) is 3. The van der Waals surface area contributed by atoms with Crippen molar-refractivity contribution in [2.45, 2.75) is 13.3 Å². The van der Waals surface area contributed by atoms with E-state index in [1.54, 1.807) is 24.7 Å². The predicted octanol–water partition coefficient (Wildman–Crippen LogP) is 4.85. The van der Waals surface area contributed by atoms with Gasteiger partial charge in [0.25, 0.3) is 5.91 Å². The highest BCUT2D eigenvalue weighted by Crippen LogP contribution is 2.24. The van der Waals surface area contributed by atoms with Crippen LogP contribution in [0.25, 0.3) is 22.2 Å². The number of carbonyl (C=O) groups excluding carboxylic acids is 1. The second-order valence-corrected chi connectivity index (χ2v) is 6.92. The molecule has 0 aliphatic rings. The SMILES string of the molecule is CCCOc1ccc(/C=N\NC(=O)c2cc(-c3ccncc3)nc3ccccc23)cc1. The molecule has 2 heterocycles. The van der Waals surface area contributed by atoms with Crippen molar-refractivity contribution in [2.75, 3.05) is 6.61 Å². The van der Waals surface area contributed by atoms with Crippen LogP contribution in [0.4, 0.5) is 0 Å². The minimum Gasteiger partial charge on any atom is -0.494 e. The molecule has 31 heavy (non-hydrogen) atoms. The van der Waals surface area contributed by atoms with Crippen LogP contribution >= 0.6 is 0 Å². The van der Waals surface area contributed by atoms with Crippen molar-refractivity contribution in [1.29, 1.82) is 0 Å². The van der Waals surface area contributed by atoms with Crippen molar-refractivity contribution in [1.82, 2.24) is 15.4 Å². The fourth-order valence-electron chi connectivity index (χ4n) is 3.13. The highest BCUT2D eigenvalue weighted by molar-refractivity contribution is 6.07. The number of hydrogen-bond donors (Lipinski definition) is 1. The van der Waals surface area contributed by atoms with E-state index in [9.17, 15) is 4.79 Å². The molecule has 0 atom stereocenters. The number of aromatic nitrogens is 2. The number of amides is 1. The number of hydrazone groups is 1. The fraction of sp³-hybridized carbons (Fsp3) is 0.120. The van der Waals surface area contributed by atoms with Crippen LogP contribution in [0, 0.1) is 0 Å². The largest absolute Gasteiger partial charge is 0.494 e. The topological polar surface area (TPSA) is 76.5 Å². The minimum atomic E-state index is -0.298. The standard InChI is InChI=1S/C25H22N4O2/c1-2-15-31-20-9-7-18(8-10-20)17-27-29-25(30)22-16-24(19-11-13-26-14-12-19)28-23-6-4-3-5-21(22)23/h3-14,16-17H,2,15H2,1H3,(H,29,30)/b27-17-. The van der Waals surface area contributed by atoms with Crippen LogP contribution in [-0.2, 0) is 0 Å². The summed E-state index contributed by atoms with van der Waals surface area (Å²) in [6, 6.07) is 20.6. The molecule has 154 valence electrons. The van der Waals surface area contributed by atoms with E-state index in [4.69, 9.17) is 4.74 Å². The molecule has 0 aliphatic carbocycles. The maximum absolute atomic E-state index is 12.9. The van der Waals surface area contributed by atoms with Gasteiger partial charge in [0.1, 0.15) is 5.75 Å². The summed E-state index contributed by atoms with van der Waals surface area (Å²) in [5, 5.41) is 4.89. The quantitative estimate of drug-likeness (QED) is 0.349. The van der Waals surface area contributed by atoms with Gasteiger partial charge in [-0.25, -0.2) is 10.4 Å². The van der Waals surface area contributed by atoms with Crippen LogP contribution in [0.3, 0.4) is 0 Å². The third kappa shape index (κ3) is 4.93. The molecule has 1 amide bonds. The Morgan fingerprint density at radius 3 is 2.61 bits per heavy atom. The zero-order valence-electron chi connectivity index (χ0n) is 17.2. The Morgan fingerprint density at radius 2 is 1.84 bits per heavy atom. The zero-order chi connectivity index (χ0) is 21.5. The summed E-state index contributed by atoms with van der Waals surface area (Å²) in [5.41, 5.74) is 6.34. The van der Waals surface area contributed by atoms with Crippen LogP contribution in [0.2, 0.25) is 0 Å². The van der Waals surface area contributed by atoms with Crippen molar-refractivity contribution < 1.29 is 9.53 Å². The number of rotatable bonds is 7. The average molecular weight is 410 g/mol. The summed E-state index contributed by atoms with van der Waals surface area (Å²) in [4.78, 5) is 21.7. The van der Waals surface area contributed by atoms with Gasteiger partial charge >= 0.3 is 0 Å². The number of para-hydroxylation sites is 1. The third-order valence-corrected chi connectivity index (χ3v) is 4.67. The molecule has 0 unspecified atom stereocenters. The number of nitrogens with one attached hydrogen (secondary N) is 1. The molecule has 0 saturated carbocycles. The Hall–Kier alpha value is -4.06. The molecule has 0 aliphatic heterocycles. The normalized spacial score (nSPS) is 11.0. The molecule has 4 rings (SSSR count). The monoisotopic (exact) mass is 410 g/mol. The van der Waals surface area contributed by atoms with E-state index >= 15 is 0 Å². The van der Waals surface area contributed by atoms with E-state index < -0.39 is 0 Å². The molecule has 0 bridgehead atoms. The number of ether oxygens (including phenoxy) is 1. The molecule has 6 heteroatoms. The van der Waals surface area contributed by atoms with Gasteiger partial charge in [-0.3, -0.25) is 9.78 Å². The van der Waals surface area contributed by atoms with Gasteiger partial charge in [0, 0.05) is 23.3 Å². The summed E-state index contributed by atoms with van der Waals surface area (Å²) in [6.07, 6.45) is 5.97. The lowest BCUT2D eigenvalue weighted by Gasteiger charge is -2.09. The first-order valence-corrected chi connectivity index (χ1v) is 10.1. The van der Waals surface area contributed by atoms with Gasteiger partial charge in [0.2, 0.25) is 0 Å². The number of fused-ring (bicyclic) bond motifs is 1. The Morgan fingerprint density at radius 1 is 1.06 bits per heavy atom. The maximum atomic E-state index is 12.9. The summed E-state index contributed by atoms with van der Waals surface area (Å²) < 4.78 is 5.58. The number of hydrogen-bond acceptors (Lipinski definition) is 5. The molecule has 6 nitrogen and oxygen atoms in total. The van der Waals surface area contributed by atoms with Gasteiger partial charge in [-0.05, 0) is 60.5 Å². The van der Waals surface area contributed by atoms with Crippen molar-refractivity contribution in [3.63, 3.8) is 0 Å². The molecule has 4 aromatic rings. The molecule has 1 N–H and O–H groups in total. The first-order chi connectivity index (χ1) is 15.2. The van der Waals surface area contributed by atoms with E-state index in [2.05, 4.69) is 27.4 Å². The van der Waals surface area contributed by atoms with Crippen LogP contribution in [0.5, 0.6) is 5.75 Å². The smallest absolute Gasteiger partial charge is 0.272 e. The number of carbonyl (C=O) groups is 1. The first-order valence-electron chi connectivity index (χ1n) is 10.1. The van der Waals surface area contributed by atoms with Gasteiger partial charge in [-0.15, -0.1) is 0 Å². The van der Waals surface area contributed by atoms with Gasteiger partial charge in [-0.2, -0.15) is 5.10 Å². The molecule has 0 spiro atoms. The van der Waals surface area contributed by atoms with E-state index in [-0.39, 0.29) is 5.91 Å². The van der Waals surface area contributed by atoms with Crippen LogP contribution in [-0.4, -0.2) is 28.7 Å². The van der Waals surface area contributed by atoms with Crippen molar-refractivity contribution in [2.24, 2.45) is 5.10 Å². The maximum Gasteiger partial charge on any atom is 0.272 e. The Labute approximate surface area is 180 Å². The Kier molecular flexibility index (Phi) is 6.28. The zero-order valence-corrected chi connectivity index (χ0v) is 17.2. The molecule has 0 radical (unpaired) electrons. The van der Waals surface area contributed by atoms with Crippen LogP contribution < -0.4 is 10.2 Å². The van der Waals surface area contributed by atoms with Crippen LogP contribution in [0.1, 0.15) is 29.3 Å². The van der Waals surface area contributed by atoms with Gasteiger partial charge < -0.3 is 4.74 Å². The lowest BCUT2D eigenvalue weighted by atomic mass is 10.0. The molecule has 2 aromatic heterocycles. The van der Waals surface area contributed by atoms with Gasteiger partial charge in [0.05, 0.1) is 29.6 Å². The van der Waals surface area contributed by atoms with Crippen molar-refractivity contribution >= 4 is 23.0 Å². The summed E-state index contributed by atoms with van der Waals surface area (Å²) in [6.45, 7) is 2.75. The highest BCUT2D eigenvalue weighted by Gasteiger charge is 2.13. The number of benzene rings is 2.